The molecule has 0 aliphatic heterocycles. The van der Waals surface area contributed by atoms with E-state index in [0.29, 0.717) is 5.69 Å². The van der Waals surface area contributed by atoms with Crippen LogP contribution in [0.1, 0.15) is 29.0 Å². The summed E-state index contributed by atoms with van der Waals surface area (Å²) in [6, 6.07) is 4.91. The van der Waals surface area contributed by atoms with Crippen LogP contribution in [0, 0.1) is 18.6 Å². The first-order valence-electron chi connectivity index (χ1n) is 7.45. The molecule has 0 unspecified atom stereocenters. The Bertz CT molecular complexity index is 741. The van der Waals surface area contributed by atoms with Gasteiger partial charge < -0.3 is 10.0 Å². The Labute approximate surface area is 132 Å². The average molecular weight is 321 g/mol. The van der Waals surface area contributed by atoms with Gasteiger partial charge in [0.05, 0.1) is 6.61 Å². The van der Waals surface area contributed by atoms with Crippen LogP contribution < -0.4 is 0 Å². The molecule has 1 amide bonds. The molecule has 122 valence electrons. The van der Waals surface area contributed by atoms with Crippen molar-refractivity contribution in [1.82, 2.24) is 14.7 Å². The summed E-state index contributed by atoms with van der Waals surface area (Å²) in [5, 5.41) is 13.3. The fraction of sp³-hybridized carbons (Fsp3) is 0.375. The second kappa shape index (κ2) is 6.08. The van der Waals surface area contributed by atoms with Gasteiger partial charge in [-0.05, 0) is 38.0 Å². The Morgan fingerprint density at radius 1 is 1.39 bits per heavy atom. The largest absolute Gasteiger partial charge is 0.395 e. The molecule has 0 saturated heterocycles. The maximum atomic E-state index is 13.9. The smallest absolute Gasteiger partial charge is 0.274 e. The van der Waals surface area contributed by atoms with Gasteiger partial charge in [-0.1, -0.05) is 0 Å². The first-order valence-corrected chi connectivity index (χ1v) is 7.45. The van der Waals surface area contributed by atoms with E-state index in [1.54, 1.807) is 17.9 Å². The van der Waals surface area contributed by atoms with Gasteiger partial charge >= 0.3 is 0 Å². The molecule has 1 aliphatic rings. The van der Waals surface area contributed by atoms with Crippen LogP contribution in [-0.2, 0) is 0 Å². The van der Waals surface area contributed by atoms with Crippen molar-refractivity contribution < 1.29 is 18.7 Å². The van der Waals surface area contributed by atoms with Crippen LogP contribution in [0.3, 0.4) is 0 Å². The van der Waals surface area contributed by atoms with E-state index in [0.717, 1.165) is 25.0 Å². The standard InChI is InChI=1S/C16H17F2N3O2/c1-10-8-14(16(23)20(6-7-22)12-3-4-12)19-21(10)15-5-2-11(17)9-13(15)18/h2,5,8-9,12,22H,3-4,6-7H2,1H3. The van der Waals surface area contributed by atoms with Crippen LogP contribution in [0.5, 0.6) is 0 Å². The molecule has 1 aromatic heterocycles. The number of rotatable bonds is 5. The molecule has 0 bridgehead atoms. The second-order valence-corrected chi connectivity index (χ2v) is 5.63. The highest BCUT2D eigenvalue weighted by Gasteiger charge is 2.33. The van der Waals surface area contributed by atoms with E-state index in [1.165, 1.54) is 10.7 Å². The minimum Gasteiger partial charge on any atom is -0.395 e. The van der Waals surface area contributed by atoms with Crippen molar-refractivity contribution in [2.45, 2.75) is 25.8 Å². The monoisotopic (exact) mass is 321 g/mol. The third kappa shape index (κ3) is 3.10. The molecule has 1 saturated carbocycles. The minimum absolute atomic E-state index is 0.0862. The summed E-state index contributed by atoms with van der Waals surface area (Å²) in [6.45, 7) is 1.83. The van der Waals surface area contributed by atoms with Crippen molar-refractivity contribution in [3.63, 3.8) is 0 Å². The molecular formula is C16H17F2N3O2. The zero-order valence-corrected chi connectivity index (χ0v) is 12.7. The quantitative estimate of drug-likeness (QED) is 0.917. The van der Waals surface area contributed by atoms with Gasteiger partial charge in [0.1, 0.15) is 11.5 Å². The predicted molar refractivity (Wildman–Crippen MR) is 79.4 cm³/mol. The number of aromatic nitrogens is 2. The van der Waals surface area contributed by atoms with Crippen molar-refractivity contribution in [3.8, 4) is 5.69 Å². The molecule has 7 heteroatoms. The number of aliphatic hydroxyl groups is 1. The van der Waals surface area contributed by atoms with Gasteiger partial charge in [-0.15, -0.1) is 0 Å². The van der Waals surface area contributed by atoms with E-state index >= 15 is 0 Å². The molecule has 5 nitrogen and oxygen atoms in total. The molecule has 0 spiro atoms. The van der Waals surface area contributed by atoms with Crippen LogP contribution in [0.2, 0.25) is 0 Å². The van der Waals surface area contributed by atoms with Crippen LogP contribution in [-0.4, -0.2) is 44.9 Å². The van der Waals surface area contributed by atoms with Crippen LogP contribution in [0.15, 0.2) is 24.3 Å². The number of benzene rings is 1. The van der Waals surface area contributed by atoms with Crippen LogP contribution in [0.25, 0.3) is 5.69 Å². The number of hydrogen-bond acceptors (Lipinski definition) is 3. The zero-order valence-electron chi connectivity index (χ0n) is 12.7. The number of nitrogens with zero attached hydrogens (tertiary/aromatic N) is 3. The van der Waals surface area contributed by atoms with E-state index < -0.39 is 11.6 Å². The van der Waals surface area contributed by atoms with E-state index in [4.69, 9.17) is 5.11 Å². The summed E-state index contributed by atoms with van der Waals surface area (Å²) in [4.78, 5) is 14.1. The Kier molecular flexibility index (Phi) is 4.12. The summed E-state index contributed by atoms with van der Waals surface area (Å²) in [6.07, 6.45) is 1.83. The number of halogens is 2. The molecule has 23 heavy (non-hydrogen) atoms. The number of carbonyl (C=O) groups excluding carboxylic acids is 1. The van der Waals surface area contributed by atoms with Crippen molar-refractivity contribution >= 4 is 5.91 Å². The lowest BCUT2D eigenvalue weighted by molar-refractivity contribution is 0.0701. The van der Waals surface area contributed by atoms with E-state index in [-0.39, 0.29) is 36.5 Å². The Balaban J connectivity index is 1.92. The second-order valence-electron chi connectivity index (χ2n) is 5.63. The molecule has 1 aliphatic carbocycles. The van der Waals surface area contributed by atoms with Gasteiger partial charge in [-0.2, -0.15) is 5.10 Å². The Hall–Kier alpha value is -2.28. The maximum Gasteiger partial charge on any atom is 0.274 e. The SMILES string of the molecule is Cc1cc(C(=O)N(CCO)C2CC2)nn1-c1ccc(F)cc1F. The molecular weight excluding hydrogens is 304 g/mol. The van der Waals surface area contributed by atoms with E-state index in [2.05, 4.69) is 5.10 Å². The first kappa shape index (κ1) is 15.6. The lowest BCUT2D eigenvalue weighted by Gasteiger charge is -2.19. The van der Waals surface area contributed by atoms with Gasteiger partial charge in [0.25, 0.3) is 5.91 Å². The summed E-state index contributed by atoms with van der Waals surface area (Å²) in [5.41, 5.74) is 0.841. The number of aliphatic hydroxyl groups excluding tert-OH is 1. The van der Waals surface area contributed by atoms with Crippen LogP contribution >= 0.6 is 0 Å². The van der Waals surface area contributed by atoms with Crippen molar-refractivity contribution in [2.24, 2.45) is 0 Å². The van der Waals surface area contributed by atoms with E-state index in [9.17, 15) is 13.6 Å². The average Bonchev–Trinajstić information content (AvgIpc) is 3.27. The molecule has 3 rings (SSSR count). The molecule has 2 aromatic rings. The van der Waals surface area contributed by atoms with Gasteiger partial charge in [0, 0.05) is 24.3 Å². The molecule has 0 radical (unpaired) electrons. The third-order valence-electron chi connectivity index (χ3n) is 3.83. The van der Waals surface area contributed by atoms with E-state index in [1.807, 2.05) is 0 Å². The number of amides is 1. The lowest BCUT2D eigenvalue weighted by atomic mass is 10.3. The number of hydrogen-bond donors (Lipinski definition) is 1. The molecule has 1 aromatic carbocycles. The summed E-state index contributed by atoms with van der Waals surface area (Å²) >= 11 is 0. The van der Waals surface area contributed by atoms with Crippen molar-refractivity contribution in [2.75, 3.05) is 13.2 Å². The van der Waals surface area contributed by atoms with Gasteiger partial charge in [-0.25, -0.2) is 13.5 Å². The minimum atomic E-state index is -0.746. The first-order chi connectivity index (χ1) is 11.0. The summed E-state index contributed by atoms with van der Waals surface area (Å²) in [5.74, 6) is -1.70. The zero-order chi connectivity index (χ0) is 16.6. The van der Waals surface area contributed by atoms with Gasteiger partial charge in [0.2, 0.25) is 0 Å². The Morgan fingerprint density at radius 2 is 2.13 bits per heavy atom. The molecule has 1 N–H and O–H groups in total. The van der Waals surface area contributed by atoms with Crippen LogP contribution in [0.4, 0.5) is 8.78 Å². The fourth-order valence-corrected chi connectivity index (χ4v) is 2.57. The van der Waals surface area contributed by atoms with Gasteiger partial charge in [0.15, 0.2) is 11.5 Å². The van der Waals surface area contributed by atoms with Gasteiger partial charge in [-0.3, -0.25) is 4.79 Å². The highest BCUT2D eigenvalue weighted by molar-refractivity contribution is 5.93. The molecule has 1 fully saturated rings. The normalized spacial score (nSPS) is 14.1. The fourth-order valence-electron chi connectivity index (χ4n) is 2.57. The highest BCUT2D eigenvalue weighted by atomic mass is 19.1. The summed E-state index contributed by atoms with van der Waals surface area (Å²) in [7, 11) is 0. The third-order valence-corrected chi connectivity index (χ3v) is 3.83. The molecule has 0 atom stereocenters. The van der Waals surface area contributed by atoms with Crippen molar-refractivity contribution in [1.29, 1.82) is 0 Å². The van der Waals surface area contributed by atoms with Crippen molar-refractivity contribution in [3.05, 3.63) is 47.3 Å². The number of carbonyl (C=O) groups is 1. The predicted octanol–water partition coefficient (Wildman–Crippen LogP) is 2.06. The molecule has 1 heterocycles. The number of aryl methyl sites for hydroxylation is 1. The summed E-state index contributed by atoms with van der Waals surface area (Å²) < 4.78 is 28.2. The highest BCUT2D eigenvalue weighted by Crippen LogP contribution is 2.28. The maximum absolute atomic E-state index is 13.9. The lowest BCUT2D eigenvalue weighted by Crippen LogP contribution is -2.35. The topological polar surface area (TPSA) is 58.4 Å². The Morgan fingerprint density at radius 3 is 2.74 bits per heavy atom.